The molecule has 0 aromatic heterocycles. The highest BCUT2D eigenvalue weighted by molar-refractivity contribution is 4.96. The predicted octanol–water partition coefficient (Wildman–Crippen LogP) is 4.30. The average Bonchev–Trinajstić information content (AvgIpc) is 2.85. The van der Waals surface area contributed by atoms with Gasteiger partial charge < -0.3 is 5.32 Å². The maximum absolute atomic E-state index is 3.90. The van der Waals surface area contributed by atoms with E-state index in [1.165, 1.54) is 58.2 Å². The lowest BCUT2D eigenvalue weighted by Crippen LogP contribution is -2.53. The summed E-state index contributed by atoms with van der Waals surface area (Å²) in [6, 6.07) is 1.54. The molecule has 1 saturated heterocycles. The molecule has 0 bridgehead atoms. The fraction of sp³-hybridized carbons (Fsp3) is 1.00. The van der Waals surface area contributed by atoms with Crippen molar-refractivity contribution in [2.45, 2.75) is 85.2 Å². The molecule has 1 heterocycles. The van der Waals surface area contributed by atoms with E-state index in [1.807, 2.05) is 0 Å². The van der Waals surface area contributed by atoms with Gasteiger partial charge in [-0.2, -0.15) is 0 Å². The van der Waals surface area contributed by atoms with E-state index in [2.05, 4.69) is 44.8 Å². The van der Waals surface area contributed by atoms with Crippen LogP contribution in [0.25, 0.3) is 0 Å². The Hall–Kier alpha value is -0.0800. The van der Waals surface area contributed by atoms with Gasteiger partial charge in [-0.1, -0.05) is 41.0 Å². The van der Waals surface area contributed by atoms with E-state index >= 15 is 0 Å². The number of rotatable bonds is 6. The third-order valence-electron chi connectivity index (χ3n) is 5.98. The molecule has 3 unspecified atom stereocenters. The lowest BCUT2D eigenvalue weighted by atomic mass is 9.67. The summed E-state index contributed by atoms with van der Waals surface area (Å²) in [6.07, 6.45) is 8.30. The van der Waals surface area contributed by atoms with E-state index in [0.29, 0.717) is 11.5 Å². The highest BCUT2D eigenvalue weighted by atomic mass is 15.2. The summed E-state index contributed by atoms with van der Waals surface area (Å²) in [6.45, 7) is 15.9. The molecule has 3 atom stereocenters. The Kier molecular flexibility index (Phi) is 6.14. The van der Waals surface area contributed by atoms with Gasteiger partial charge in [0.15, 0.2) is 0 Å². The Morgan fingerprint density at radius 3 is 2.62 bits per heavy atom. The van der Waals surface area contributed by atoms with Gasteiger partial charge in [-0.15, -0.1) is 0 Å². The third-order valence-corrected chi connectivity index (χ3v) is 5.98. The van der Waals surface area contributed by atoms with Crippen molar-refractivity contribution in [1.29, 1.82) is 0 Å². The van der Waals surface area contributed by atoms with Crippen LogP contribution in [0, 0.1) is 17.3 Å². The fourth-order valence-electron chi connectivity index (χ4n) is 4.85. The molecule has 1 aliphatic heterocycles. The first kappa shape index (κ1) is 17.3. The maximum Gasteiger partial charge on any atom is 0.0159 e. The fourth-order valence-corrected chi connectivity index (χ4v) is 4.85. The van der Waals surface area contributed by atoms with Crippen LogP contribution in [0.4, 0.5) is 0 Å². The monoisotopic (exact) mass is 294 g/mol. The number of nitrogens with zero attached hydrogens (tertiary/aromatic N) is 1. The van der Waals surface area contributed by atoms with E-state index in [1.54, 1.807) is 0 Å². The molecule has 21 heavy (non-hydrogen) atoms. The van der Waals surface area contributed by atoms with Gasteiger partial charge in [-0.3, -0.25) is 4.90 Å². The molecule has 1 N–H and O–H groups in total. The molecule has 0 amide bonds. The minimum absolute atomic E-state index is 0.463. The summed E-state index contributed by atoms with van der Waals surface area (Å²) in [5, 5.41) is 3.90. The maximum atomic E-state index is 3.90. The average molecular weight is 295 g/mol. The summed E-state index contributed by atoms with van der Waals surface area (Å²) in [5.74, 6) is 1.66. The van der Waals surface area contributed by atoms with Gasteiger partial charge in [0, 0.05) is 18.6 Å². The molecule has 0 aromatic carbocycles. The van der Waals surface area contributed by atoms with Crippen molar-refractivity contribution in [2.75, 3.05) is 19.6 Å². The molecule has 0 spiro atoms. The van der Waals surface area contributed by atoms with Gasteiger partial charge in [0.05, 0.1) is 0 Å². The van der Waals surface area contributed by atoms with Crippen LogP contribution in [0.2, 0.25) is 0 Å². The molecular weight excluding hydrogens is 256 g/mol. The number of likely N-dealkylation sites (tertiary alicyclic amines) is 1. The van der Waals surface area contributed by atoms with Crippen molar-refractivity contribution >= 4 is 0 Å². The van der Waals surface area contributed by atoms with E-state index in [4.69, 9.17) is 0 Å². The van der Waals surface area contributed by atoms with Crippen LogP contribution in [0.1, 0.15) is 73.1 Å². The summed E-state index contributed by atoms with van der Waals surface area (Å²) < 4.78 is 0. The standard InChI is InChI=1S/C19H38N2/c1-6-12-20-18-16(9-7-11-19(18,4)5)14-21-13-8-10-17(21)15(2)3/h15-18,20H,6-14H2,1-5H3. The highest BCUT2D eigenvalue weighted by Crippen LogP contribution is 2.40. The topological polar surface area (TPSA) is 15.3 Å². The minimum Gasteiger partial charge on any atom is -0.313 e. The Bertz CT molecular complexity index is 311. The van der Waals surface area contributed by atoms with Crippen LogP contribution in [0.15, 0.2) is 0 Å². The van der Waals surface area contributed by atoms with Gasteiger partial charge >= 0.3 is 0 Å². The van der Waals surface area contributed by atoms with E-state index in [0.717, 1.165) is 17.9 Å². The third kappa shape index (κ3) is 4.22. The van der Waals surface area contributed by atoms with Crippen LogP contribution in [0.5, 0.6) is 0 Å². The highest BCUT2D eigenvalue weighted by Gasteiger charge is 2.40. The van der Waals surface area contributed by atoms with Crippen LogP contribution in [0.3, 0.4) is 0 Å². The van der Waals surface area contributed by atoms with Crippen molar-refractivity contribution in [2.24, 2.45) is 17.3 Å². The minimum atomic E-state index is 0.463. The van der Waals surface area contributed by atoms with Crippen molar-refractivity contribution in [3.8, 4) is 0 Å². The summed E-state index contributed by atoms with van der Waals surface area (Å²) in [4.78, 5) is 2.82. The Labute approximate surface area is 133 Å². The first-order chi connectivity index (χ1) is 9.95. The van der Waals surface area contributed by atoms with Crippen molar-refractivity contribution in [3.05, 3.63) is 0 Å². The lowest BCUT2D eigenvalue weighted by Gasteiger charge is -2.46. The molecule has 1 aliphatic carbocycles. The number of nitrogens with one attached hydrogen (secondary N) is 1. The zero-order valence-corrected chi connectivity index (χ0v) is 15.1. The predicted molar refractivity (Wildman–Crippen MR) is 92.6 cm³/mol. The van der Waals surface area contributed by atoms with Gasteiger partial charge in [0.25, 0.3) is 0 Å². The van der Waals surface area contributed by atoms with Crippen molar-refractivity contribution < 1.29 is 0 Å². The molecular formula is C19H38N2. The van der Waals surface area contributed by atoms with E-state index in [9.17, 15) is 0 Å². The second-order valence-electron chi connectivity index (χ2n) is 8.52. The molecule has 0 radical (unpaired) electrons. The molecule has 2 fully saturated rings. The van der Waals surface area contributed by atoms with Gasteiger partial charge in [-0.25, -0.2) is 0 Å². The second-order valence-corrected chi connectivity index (χ2v) is 8.52. The zero-order chi connectivity index (χ0) is 15.5. The zero-order valence-electron chi connectivity index (χ0n) is 15.1. The Balaban J connectivity index is 2.01. The molecule has 1 saturated carbocycles. The Morgan fingerprint density at radius 2 is 1.95 bits per heavy atom. The first-order valence-electron chi connectivity index (χ1n) is 9.43. The van der Waals surface area contributed by atoms with Gasteiger partial charge in [0.1, 0.15) is 0 Å². The molecule has 0 aromatic rings. The number of hydrogen-bond acceptors (Lipinski definition) is 2. The van der Waals surface area contributed by atoms with Crippen LogP contribution >= 0.6 is 0 Å². The second kappa shape index (κ2) is 7.46. The van der Waals surface area contributed by atoms with Crippen LogP contribution < -0.4 is 5.32 Å². The molecule has 2 rings (SSSR count). The van der Waals surface area contributed by atoms with E-state index in [-0.39, 0.29) is 0 Å². The Morgan fingerprint density at radius 1 is 1.19 bits per heavy atom. The SMILES string of the molecule is CCCNC1C(CN2CCCC2C(C)C)CCCC1(C)C. The first-order valence-corrected chi connectivity index (χ1v) is 9.43. The van der Waals surface area contributed by atoms with E-state index < -0.39 is 0 Å². The quantitative estimate of drug-likeness (QED) is 0.785. The van der Waals surface area contributed by atoms with Crippen LogP contribution in [-0.2, 0) is 0 Å². The summed E-state index contributed by atoms with van der Waals surface area (Å²) >= 11 is 0. The summed E-state index contributed by atoms with van der Waals surface area (Å²) in [5.41, 5.74) is 0.463. The smallest absolute Gasteiger partial charge is 0.0159 e. The molecule has 2 heteroatoms. The normalized spacial score (nSPS) is 33.7. The largest absolute Gasteiger partial charge is 0.313 e. The molecule has 124 valence electrons. The van der Waals surface area contributed by atoms with Gasteiger partial charge in [0.2, 0.25) is 0 Å². The van der Waals surface area contributed by atoms with Gasteiger partial charge in [-0.05, 0) is 62.4 Å². The number of hydrogen-bond donors (Lipinski definition) is 1. The van der Waals surface area contributed by atoms with Crippen LogP contribution in [-0.4, -0.2) is 36.6 Å². The lowest BCUT2D eigenvalue weighted by molar-refractivity contribution is 0.0688. The van der Waals surface area contributed by atoms with Crippen molar-refractivity contribution in [1.82, 2.24) is 10.2 Å². The molecule has 2 nitrogen and oxygen atoms in total. The van der Waals surface area contributed by atoms with Crippen molar-refractivity contribution in [3.63, 3.8) is 0 Å². The summed E-state index contributed by atoms with van der Waals surface area (Å²) in [7, 11) is 0. The molecule has 2 aliphatic rings.